The number of halogens is 4. The molecule has 2 saturated heterocycles. The quantitative estimate of drug-likeness (QED) is 0.735. The van der Waals surface area contributed by atoms with Gasteiger partial charge in [0, 0.05) is 43.1 Å². The van der Waals surface area contributed by atoms with Crippen LogP contribution in [0.3, 0.4) is 0 Å². The van der Waals surface area contributed by atoms with E-state index in [1.807, 2.05) is 0 Å². The summed E-state index contributed by atoms with van der Waals surface area (Å²) in [5, 5.41) is 3.89. The van der Waals surface area contributed by atoms with Crippen LogP contribution in [0, 0.1) is 0 Å². The van der Waals surface area contributed by atoms with Crippen LogP contribution in [0.15, 0.2) is 48.5 Å². The molecule has 0 bridgehead atoms. The van der Waals surface area contributed by atoms with E-state index < -0.39 is 23.4 Å². The van der Waals surface area contributed by atoms with Gasteiger partial charge in [0.05, 0.1) is 17.3 Å². The molecule has 9 heteroatoms. The van der Waals surface area contributed by atoms with Gasteiger partial charge in [-0.15, -0.1) is 0 Å². The van der Waals surface area contributed by atoms with Crippen LogP contribution < -0.4 is 5.32 Å². The second-order valence-electron chi connectivity index (χ2n) is 8.32. The highest BCUT2D eigenvalue weighted by atomic mass is 35.5. The molecule has 1 N–H and O–H groups in total. The van der Waals surface area contributed by atoms with Gasteiger partial charge in [0.1, 0.15) is 0 Å². The van der Waals surface area contributed by atoms with Crippen molar-refractivity contribution >= 4 is 23.4 Å². The predicted molar refractivity (Wildman–Crippen MR) is 114 cm³/mol. The van der Waals surface area contributed by atoms with Crippen molar-refractivity contribution in [2.24, 2.45) is 0 Å². The molecule has 170 valence electrons. The first-order valence-corrected chi connectivity index (χ1v) is 10.8. The zero-order valence-corrected chi connectivity index (χ0v) is 18.2. The number of nitrogens with one attached hydrogen (secondary N) is 1. The van der Waals surface area contributed by atoms with E-state index in [9.17, 15) is 22.8 Å². The normalized spacial score (nSPS) is 20.8. The molecule has 2 heterocycles. The van der Waals surface area contributed by atoms with Crippen LogP contribution in [0.25, 0.3) is 0 Å². The average Bonchev–Trinajstić information content (AvgIpc) is 2.98. The van der Waals surface area contributed by atoms with Crippen molar-refractivity contribution in [1.82, 2.24) is 15.1 Å². The number of hydrogen-bond donors (Lipinski definition) is 1. The van der Waals surface area contributed by atoms with Crippen molar-refractivity contribution in [3.63, 3.8) is 0 Å². The molecule has 0 radical (unpaired) electrons. The van der Waals surface area contributed by atoms with Gasteiger partial charge in [-0.05, 0) is 48.9 Å². The van der Waals surface area contributed by atoms with E-state index in [1.165, 1.54) is 6.07 Å². The van der Waals surface area contributed by atoms with Crippen LogP contribution in [-0.2, 0) is 17.5 Å². The lowest BCUT2D eigenvalue weighted by Gasteiger charge is -2.44. The summed E-state index contributed by atoms with van der Waals surface area (Å²) in [5.74, 6) is -0.266. The smallest absolute Gasteiger partial charge is 0.338 e. The first-order chi connectivity index (χ1) is 15.1. The van der Waals surface area contributed by atoms with Crippen LogP contribution in [0.2, 0.25) is 5.02 Å². The molecule has 5 nitrogen and oxygen atoms in total. The van der Waals surface area contributed by atoms with Crippen LogP contribution in [0.5, 0.6) is 0 Å². The molecule has 4 rings (SSSR count). The SMILES string of the molecule is CC1NC2(CCN(C(=O)c3ccc(Cl)cc3)CC2)N(Cc2cccc(C(F)(F)F)c2)C1=O. The van der Waals surface area contributed by atoms with E-state index in [0.717, 1.165) is 12.1 Å². The highest BCUT2D eigenvalue weighted by Gasteiger charge is 2.50. The lowest BCUT2D eigenvalue weighted by molar-refractivity contribution is -0.137. The molecule has 0 aromatic heterocycles. The Morgan fingerprint density at radius 2 is 1.81 bits per heavy atom. The van der Waals surface area contributed by atoms with Gasteiger partial charge in [-0.25, -0.2) is 0 Å². The van der Waals surface area contributed by atoms with E-state index in [0.29, 0.717) is 42.1 Å². The molecule has 0 saturated carbocycles. The van der Waals surface area contributed by atoms with E-state index in [4.69, 9.17) is 11.6 Å². The molecule has 1 spiro atoms. The molecular formula is C23H23ClF3N3O2. The fourth-order valence-corrected chi connectivity index (χ4v) is 4.64. The Kier molecular flexibility index (Phi) is 5.94. The Morgan fingerprint density at radius 1 is 1.16 bits per heavy atom. The number of carbonyl (C=O) groups is 2. The Morgan fingerprint density at radius 3 is 2.44 bits per heavy atom. The second kappa shape index (κ2) is 8.41. The number of hydrogen-bond acceptors (Lipinski definition) is 3. The minimum atomic E-state index is -4.44. The highest BCUT2D eigenvalue weighted by molar-refractivity contribution is 6.30. The van der Waals surface area contributed by atoms with Gasteiger partial charge in [0.25, 0.3) is 5.91 Å². The molecule has 2 fully saturated rings. The average molecular weight is 466 g/mol. The van der Waals surface area contributed by atoms with Crippen molar-refractivity contribution in [1.29, 1.82) is 0 Å². The Labute approximate surface area is 189 Å². The first kappa shape index (κ1) is 22.6. The summed E-state index contributed by atoms with van der Waals surface area (Å²) >= 11 is 5.90. The fraction of sp³-hybridized carbons (Fsp3) is 0.391. The summed E-state index contributed by atoms with van der Waals surface area (Å²) in [6.07, 6.45) is -3.47. The summed E-state index contributed by atoms with van der Waals surface area (Å²) in [6, 6.07) is 11.3. The number of amides is 2. The fourth-order valence-electron chi connectivity index (χ4n) is 4.51. The number of carbonyl (C=O) groups excluding carboxylic acids is 2. The van der Waals surface area contributed by atoms with Gasteiger partial charge in [0.2, 0.25) is 5.91 Å². The largest absolute Gasteiger partial charge is 0.416 e. The third-order valence-electron chi connectivity index (χ3n) is 6.20. The maximum Gasteiger partial charge on any atom is 0.416 e. The third-order valence-corrected chi connectivity index (χ3v) is 6.45. The molecule has 32 heavy (non-hydrogen) atoms. The van der Waals surface area contributed by atoms with Gasteiger partial charge >= 0.3 is 6.18 Å². The van der Waals surface area contributed by atoms with Crippen LogP contribution in [0.4, 0.5) is 13.2 Å². The summed E-state index contributed by atoms with van der Waals surface area (Å²) in [6.45, 7) is 2.67. The minimum absolute atomic E-state index is 0.0746. The monoisotopic (exact) mass is 465 g/mol. The van der Waals surface area contributed by atoms with Crippen molar-refractivity contribution in [2.75, 3.05) is 13.1 Å². The molecule has 2 aromatic carbocycles. The van der Waals surface area contributed by atoms with Crippen molar-refractivity contribution < 1.29 is 22.8 Å². The number of alkyl halides is 3. The molecule has 2 aliphatic rings. The maximum absolute atomic E-state index is 13.1. The second-order valence-corrected chi connectivity index (χ2v) is 8.76. The maximum atomic E-state index is 13.1. The van der Waals surface area contributed by atoms with Gasteiger partial charge in [0.15, 0.2) is 0 Å². The van der Waals surface area contributed by atoms with Crippen molar-refractivity contribution in [3.05, 3.63) is 70.2 Å². The van der Waals surface area contributed by atoms with Gasteiger partial charge in [-0.3, -0.25) is 14.9 Å². The number of piperidine rings is 1. The lowest BCUT2D eigenvalue weighted by Crippen LogP contribution is -2.59. The number of likely N-dealkylation sites (tertiary alicyclic amines) is 1. The van der Waals surface area contributed by atoms with Crippen LogP contribution in [0.1, 0.15) is 41.3 Å². The third kappa shape index (κ3) is 4.34. The molecule has 2 aromatic rings. The van der Waals surface area contributed by atoms with Gasteiger partial charge < -0.3 is 9.80 Å². The Bertz CT molecular complexity index is 1020. The van der Waals surface area contributed by atoms with Crippen LogP contribution in [-0.4, -0.2) is 46.4 Å². The lowest BCUT2D eigenvalue weighted by atomic mass is 9.94. The summed E-state index contributed by atoms with van der Waals surface area (Å²) in [7, 11) is 0. The molecule has 1 atom stereocenters. The highest BCUT2D eigenvalue weighted by Crippen LogP contribution is 2.35. The minimum Gasteiger partial charge on any atom is -0.338 e. The van der Waals surface area contributed by atoms with E-state index in [-0.39, 0.29) is 18.4 Å². The van der Waals surface area contributed by atoms with E-state index in [2.05, 4.69) is 5.32 Å². The van der Waals surface area contributed by atoms with Crippen LogP contribution >= 0.6 is 11.6 Å². The summed E-state index contributed by atoms with van der Waals surface area (Å²) < 4.78 is 39.3. The van der Waals surface area contributed by atoms with Gasteiger partial charge in [-0.2, -0.15) is 13.2 Å². The Balaban J connectivity index is 1.50. The zero-order valence-electron chi connectivity index (χ0n) is 17.5. The van der Waals surface area contributed by atoms with E-state index >= 15 is 0 Å². The molecule has 1 unspecified atom stereocenters. The van der Waals surface area contributed by atoms with Gasteiger partial charge in [-0.1, -0.05) is 23.7 Å². The standard InChI is InChI=1S/C23H23ClF3N3O2/c1-15-20(31)30(14-16-3-2-4-18(13-16)23(25,26)27)22(28-15)9-11-29(12-10-22)21(32)17-5-7-19(24)8-6-17/h2-8,13,15,28H,9-12,14H2,1H3. The predicted octanol–water partition coefficient (Wildman–Crippen LogP) is 4.31. The zero-order chi connectivity index (χ0) is 23.1. The topological polar surface area (TPSA) is 52.7 Å². The van der Waals surface area contributed by atoms with E-state index in [1.54, 1.807) is 47.1 Å². The first-order valence-electron chi connectivity index (χ1n) is 10.4. The van der Waals surface area contributed by atoms with Crippen molar-refractivity contribution in [2.45, 2.75) is 44.2 Å². The number of benzene rings is 2. The summed E-state index contributed by atoms with van der Waals surface area (Å²) in [5.41, 5.74) is -0.472. The Hall–Kier alpha value is -2.58. The number of rotatable bonds is 3. The molecule has 2 amide bonds. The molecular weight excluding hydrogens is 443 g/mol. The molecule has 2 aliphatic heterocycles. The summed E-state index contributed by atoms with van der Waals surface area (Å²) in [4.78, 5) is 29.1. The molecule has 0 aliphatic carbocycles. The number of nitrogens with zero attached hydrogens (tertiary/aromatic N) is 2. The van der Waals surface area contributed by atoms with Crippen molar-refractivity contribution in [3.8, 4) is 0 Å².